The van der Waals surface area contributed by atoms with Gasteiger partial charge < -0.3 is 10.1 Å². The number of methoxy groups -OCH3 is 1. The maximum absolute atomic E-state index is 13.1. The second-order valence-electron chi connectivity index (χ2n) is 4.25. The number of halogens is 3. The van der Waals surface area contributed by atoms with Gasteiger partial charge in [0.1, 0.15) is 17.6 Å². The maximum atomic E-state index is 13.1. The number of nitrogens with zero attached hydrogens (tertiary/aromatic N) is 1. The standard InChI is InChI=1S/C15H11Br2FN2O/c1-21-15-12(16)4-9(5-13(15)17)8-20-14-3-2-11(18)6-10(14)7-19/h2-6,20H,8H2,1H3. The minimum atomic E-state index is -0.424. The minimum Gasteiger partial charge on any atom is -0.494 e. The Bertz CT molecular complexity index is 690. The molecule has 0 aliphatic rings. The first kappa shape index (κ1) is 15.8. The number of benzene rings is 2. The van der Waals surface area contributed by atoms with Crippen molar-refractivity contribution in [2.75, 3.05) is 12.4 Å². The fraction of sp³-hybridized carbons (Fsp3) is 0.133. The molecule has 2 rings (SSSR count). The van der Waals surface area contributed by atoms with E-state index in [2.05, 4.69) is 37.2 Å². The van der Waals surface area contributed by atoms with Crippen LogP contribution in [0, 0.1) is 17.1 Å². The molecule has 0 atom stereocenters. The summed E-state index contributed by atoms with van der Waals surface area (Å²) in [5.41, 5.74) is 1.87. The van der Waals surface area contributed by atoms with E-state index in [1.165, 1.54) is 12.1 Å². The summed E-state index contributed by atoms with van der Waals surface area (Å²) in [6, 6.07) is 9.91. The zero-order valence-corrected chi connectivity index (χ0v) is 14.3. The van der Waals surface area contributed by atoms with Gasteiger partial charge in [-0.2, -0.15) is 5.26 Å². The first-order chi connectivity index (χ1) is 10.0. The zero-order chi connectivity index (χ0) is 15.4. The lowest BCUT2D eigenvalue weighted by Gasteiger charge is -2.11. The van der Waals surface area contributed by atoms with Crippen molar-refractivity contribution >= 4 is 37.5 Å². The molecule has 0 heterocycles. The molecule has 0 aliphatic carbocycles. The van der Waals surface area contributed by atoms with Crippen molar-refractivity contribution in [1.29, 1.82) is 5.26 Å². The van der Waals surface area contributed by atoms with Gasteiger partial charge in [-0.05, 0) is 67.8 Å². The van der Waals surface area contributed by atoms with Gasteiger partial charge >= 0.3 is 0 Å². The largest absolute Gasteiger partial charge is 0.494 e. The van der Waals surface area contributed by atoms with E-state index < -0.39 is 5.82 Å². The molecule has 0 saturated carbocycles. The Labute approximate surface area is 139 Å². The lowest BCUT2D eigenvalue weighted by Crippen LogP contribution is -2.02. The summed E-state index contributed by atoms with van der Waals surface area (Å²) < 4.78 is 20.0. The van der Waals surface area contributed by atoms with E-state index in [0.717, 1.165) is 20.3 Å². The number of hydrogen-bond donors (Lipinski definition) is 1. The SMILES string of the molecule is COc1c(Br)cc(CNc2ccc(F)cc2C#N)cc1Br. The average Bonchev–Trinajstić information content (AvgIpc) is 2.45. The third-order valence-electron chi connectivity index (χ3n) is 2.85. The first-order valence-electron chi connectivity index (χ1n) is 6.00. The quantitative estimate of drug-likeness (QED) is 0.779. The second-order valence-corrected chi connectivity index (χ2v) is 5.96. The number of rotatable bonds is 4. The molecule has 0 amide bonds. The Morgan fingerprint density at radius 1 is 1.24 bits per heavy atom. The predicted octanol–water partition coefficient (Wildman–Crippen LogP) is 4.84. The Morgan fingerprint density at radius 2 is 1.90 bits per heavy atom. The van der Waals surface area contributed by atoms with Gasteiger partial charge in [0, 0.05) is 6.54 Å². The first-order valence-corrected chi connectivity index (χ1v) is 7.59. The minimum absolute atomic E-state index is 0.279. The number of ether oxygens (including phenoxy) is 1. The monoisotopic (exact) mass is 412 g/mol. The van der Waals surface area contributed by atoms with Crippen LogP contribution in [0.2, 0.25) is 0 Å². The molecule has 0 aromatic heterocycles. The molecule has 108 valence electrons. The normalized spacial score (nSPS) is 10.0. The fourth-order valence-corrected chi connectivity index (χ4v) is 3.47. The van der Waals surface area contributed by atoms with Crippen LogP contribution in [-0.4, -0.2) is 7.11 Å². The van der Waals surface area contributed by atoms with Crippen molar-refractivity contribution in [3.05, 3.63) is 56.2 Å². The van der Waals surface area contributed by atoms with Crippen LogP contribution in [0.25, 0.3) is 0 Å². The predicted molar refractivity (Wildman–Crippen MR) is 86.8 cm³/mol. The highest BCUT2D eigenvalue weighted by atomic mass is 79.9. The highest BCUT2D eigenvalue weighted by molar-refractivity contribution is 9.11. The fourth-order valence-electron chi connectivity index (χ4n) is 1.87. The Balaban J connectivity index is 2.19. The van der Waals surface area contributed by atoms with E-state index in [1.54, 1.807) is 13.2 Å². The topological polar surface area (TPSA) is 45.0 Å². The van der Waals surface area contributed by atoms with Gasteiger partial charge in [-0.3, -0.25) is 0 Å². The van der Waals surface area contributed by atoms with Crippen LogP contribution in [0.4, 0.5) is 10.1 Å². The van der Waals surface area contributed by atoms with E-state index in [9.17, 15) is 4.39 Å². The molecule has 2 aromatic carbocycles. The van der Waals surface area contributed by atoms with E-state index in [1.807, 2.05) is 18.2 Å². The zero-order valence-electron chi connectivity index (χ0n) is 11.1. The highest BCUT2D eigenvalue weighted by Gasteiger charge is 2.09. The molecule has 2 aromatic rings. The molecule has 0 aliphatic heterocycles. The highest BCUT2D eigenvalue weighted by Crippen LogP contribution is 2.34. The summed E-state index contributed by atoms with van der Waals surface area (Å²) in [4.78, 5) is 0. The second kappa shape index (κ2) is 6.92. The van der Waals surface area contributed by atoms with Gasteiger partial charge in [-0.1, -0.05) is 0 Å². The smallest absolute Gasteiger partial charge is 0.147 e. The molecule has 21 heavy (non-hydrogen) atoms. The lowest BCUT2D eigenvalue weighted by molar-refractivity contribution is 0.409. The summed E-state index contributed by atoms with van der Waals surface area (Å²) in [6.07, 6.45) is 0. The van der Waals surface area contributed by atoms with Crippen LogP contribution >= 0.6 is 31.9 Å². The van der Waals surface area contributed by atoms with Crippen LogP contribution in [0.5, 0.6) is 5.75 Å². The molecule has 0 bridgehead atoms. The van der Waals surface area contributed by atoms with Crippen molar-refractivity contribution in [1.82, 2.24) is 0 Å². The van der Waals surface area contributed by atoms with Gasteiger partial charge in [0.25, 0.3) is 0 Å². The van der Waals surface area contributed by atoms with Gasteiger partial charge in [-0.15, -0.1) is 0 Å². The molecular weight excluding hydrogens is 403 g/mol. The molecular formula is C15H11Br2FN2O. The van der Waals surface area contributed by atoms with Crippen molar-refractivity contribution in [2.45, 2.75) is 6.54 Å². The molecule has 3 nitrogen and oxygen atoms in total. The Hall–Kier alpha value is -1.58. The van der Waals surface area contributed by atoms with Crippen molar-refractivity contribution in [3.63, 3.8) is 0 Å². The summed E-state index contributed by atoms with van der Waals surface area (Å²) in [5, 5.41) is 12.1. The van der Waals surface area contributed by atoms with E-state index in [-0.39, 0.29) is 5.56 Å². The number of nitrogens with one attached hydrogen (secondary N) is 1. The summed E-state index contributed by atoms with van der Waals surface area (Å²) >= 11 is 6.87. The van der Waals surface area contributed by atoms with Crippen molar-refractivity contribution in [3.8, 4) is 11.8 Å². The molecule has 0 saturated heterocycles. The number of anilines is 1. The van der Waals surface area contributed by atoms with Crippen molar-refractivity contribution in [2.24, 2.45) is 0 Å². The van der Waals surface area contributed by atoms with Crippen LogP contribution in [0.15, 0.2) is 39.3 Å². The number of hydrogen-bond acceptors (Lipinski definition) is 3. The Kier molecular flexibility index (Phi) is 5.21. The van der Waals surface area contributed by atoms with E-state index >= 15 is 0 Å². The third-order valence-corrected chi connectivity index (χ3v) is 4.03. The molecule has 0 radical (unpaired) electrons. The van der Waals surface area contributed by atoms with Gasteiger partial charge in [-0.25, -0.2) is 4.39 Å². The van der Waals surface area contributed by atoms with Crippen molar-refractivity contribution < 1.29 is 9.13 Å². The van der Waals surface area contributed by atoms with Gasteiger partial charge in [0.05, 0.1) is 27.3 Å². The van der Waals surface area contributed by atoms with E-state index in [0.29, 0.717) is 12.2 Å². The van der Waals surface area contributed by atoms with Gasteiger partial charge in [0.2, 0.25) is 0 Å². The maximum Gasteiger partial charge on any atom is 0.147 e. The molecule has 0 spiro atoms. The molecule has 0 fully saturated rings. The summed E-state index contributed by atoms with van der Waals surface area (Å²) in [5.74, 6) is 0.297. The van der Waals surface area contributed by atoms with Crippen LogP contribution < -0.4 is 10.1 Å². The third kappa shape index (κ3) is 3.74. The number of nitriles is 1. The van der Waals surface area contributed by atoms with E-state index in [4.69, 9.17) is 10.00 Å². The van der Waals surface area contributed by atoms with Crippen LogP contribution in [-0.2, 0) is 6.54 Å². The molecule has 6 heteroatoms. The Morgan fingerprint density at radius 3 is 2.48 bits per heavy atom. The summed E-state index contributed by atoms with van der Waals surface area (Å²) in [7, 11) is 1.60. The van der Waals surface area contributed by atoms with Crippen LogP contribution in [0.3, 0.4) is 0 Å². The molecule has 1 N–H and O–H groups in total. The lowest BCUT2D eigenvalue weighted by atomic mass is 10.1. The average molecular weight is 414 g/mol. The van der Waals surface area contributed by atoms with Gasteiger partial charge in [0.15, 0.2) is 0 Å². The summed E-state index contributed by atoms with van der Waals surface area (Å²) in [6.45, 7) is 0.501. The van der Waals surface area contributed by atoms with Crippen LogP contribution in [0.1, 0.15) is 11.1 Å². The molecule has 0 unspecified atom stereocenters.